The van der Waals surface area contributed by atoms with Gasteiger partial charge in [-0.2, -0.15) is 0 Å². The molecule has 14 heavy (non-hydrogen) atoms. The Balaban J connectivity index is 1.68. The highest BCUT2D eigenvalue weighted by atomic mass is 16.3. The first kappa shape index (κ1) is 10.4. The molecule has 2 aliphatic rings. The van der Waals surface area contributed by atoms with Crippen molar-refractivity contribution < 1.29 is 5.11 Å². The molecule has 3 heteroatoms. The molecule has 0 aromatic carbocycles. The molecule has 1 aliphatic heterocycles. The van der Waals surface area contributed by atoms with Gasteiger partial charge in [-0.05, 0) is 45.1 Å². The molecule has 0 aromatic heterocycles. The minimum absolute atomic E-state index is 0.0301. The molecule has 3 N–H and O–H groups in total. The smallest absolute Gasteiger partial charge is 0.0541 e. The molecule has 1 heterocycles. The second-order valence-electron chi connectivity index (χ2n) is 4.72. The van der Waals surface area contributed by atoms with Crippen molar-refractivity contribution in [2.24, 2.45) is 0 Å². The molecule has 2 rings (SSSR count). The van der Waals surface area contributed by atoms with Gasteiger partial charge in [-0.1, -0.05) is 0 Å². The van der Waals surface area contributed by atoms with E-state index in [9.17, 15) is 5.11 Å². The summed E-state index contributed by atoms with van der Waals surface area (Å²) in [5, 5.41) is 16.5. The zero-order valence-corrected chi connectivity index (χ0v) is 8.84. The van der Waals surface area contributed by atoms with Crippen LogP contribution in [0.15, 0.2) is 0 Å². The molecule has 0 radical (unpaired) electrons. The normalized spacial score (nSPS) is 39.6. The van der Waals surface area contributed by atoms with Crippen LogP contribution in [0.4, 0.5) is 0 Å². The molecule has 1 saturated carbocycles. The van der Waals surface area contributed by atoms with Crippen LogP contribution in [0, 0.1) is 0 Å². The number of rotatable bonds is 2. The molecule has 1 saturated heterocycles. The zero-order chi connectivity index (χ0) is 9.80. The molecule has 82 valence electrons. The van der Waals surface area contributed by atoms with Crippen LogP contribution in [-0.2, 0) is 0 Å². The highest BCUT2D eigenvalue weighted by molar-refractivity contribution is 4.83. The molecule has 0 aromatic rings. The van der Waals surface area contributed by atoms with E-state index in [4.69, 9.17) is 0 Å². The van der Waals surface area contributed by atoms with E-state index >= 15 is 0 Å². The largest absolute Gasteiger partial charge is 0.393 e. The summed E-state index contributed by atoms with van der Waals surface area (Å²) in [6, 6.07) is 1.33. The van der Waals surface area contributed by atoms with E-state index in [1.807, 2.05) is 0 Å². The molecular weight excluding hydrogens is 176 g/mol. The summed E-state index contributed by atoms with van der Waals surface area (Å²) >= 11 is 0. The summed E-state index contributed by atoms with van der Waals surface area (Å²) in [4.78, 5) is 0. The highest BCUT2D eigenvalue weighted by Crippen LogP contribution is 2.19. The quantitative estimate of drug-likeness (QED) is 0.610. The molecule has 1 atom stereocenters. The van der Waals surface area contributed by atoms with Crippen molar-refractivity contribution in [2.45, 2.75) is 56.7 Å². The third-order valence-electron chi connectivity index (χ3n) is 3.46. The molecule has 1 aliphatic carbocycles. The van der Waals surface area contributed by atoms with Crippen LogP contribution in [0.25, 0.3) is 0 Å². The van der Waals surface area contributed by atoms with E-state index in [0.717, 1.165) is 32.2 Å². The Morgan fingerprint density at radius 2 is 1.79 bits per heavy atom. The minimum Gasteiger partial charge on any atom is -0.393 e. The van der Waals surface area contributed by atoms with Crippen molar-refractivity contribution in [2.75, 3.05) is 13.1 Å². The van der Waals surface area contributed by atoms with Gasteiger partial charge < -0.3 is 15.7 Å². The lowest BCUT2D eigenvalue weighted by molar-refractivity contribution is 0.113. The third-order valence-corrected chi connectivity index (χ3v) is 3.46. The Labute approximate surface area is 86.3 Å². The summed E-state index contributed by atoms with van der Waals surface area (Å²) < 4.78 is 0. The van der Waals surface area contributed by atoms with E-state index in [-0.39, 0.29) is 6.10 Å². The van der Waals surface area contributed by atoms with Gasteiger partial charge in [0, 0.05) is 18.6 Å². The number of nitrogens with one attached hydrogen (secondary N) is 2. The summed E-state index contributed by atoms with van der Waals surface area (Å²) in [5.74, 6) is 0. The fourth-order valence-electron chi connectivity index (χ4n) is 2.57. The second-order valence-corrected chi connectivity index (χ2v) is 4.72. The van der Waals surface area contributed by atoms with Gasteiger partial charge in [0.2, 0.25) is 0 Å². The maximum absolute atomic E-state index is 9.39. The Bertz CT molecular complexity index is 161. The van der Waals surface area contributed by atoms with Crippen molar-refractivity contribution >= 4 is 0 Å². The van der Waals surface area contributed by atoms with E-state index in [2.05, 4.69) is 10.6 Å². The maximum Gasteiger partial charge on any atom is 0.0541 e. The Hall–Kier alpha value is -0.120. The lowest BCUT2D eigenvalue weighted by Crippen LogP contribution is -2.48. The summed E-state index contributed by atoms with van der Waals surface area (Å²) in [6.45, 7) is 2.31. The van der Waals surface area contributed by atoms with Crippen molar-refractivity contribution in [3.63, 3.8) is 0 Å². The maximum atomic E-state index is 9.39. The molecule has 3 nitrogen and oxygen atoms in total. The summed E-state index contributed by atoms with van der Waals surface area (Å²) in [7, 11) is 0. The van der Waals surface area contributed by atoms with Crippen LogP contribution >= 0.6 is 0 Å². The topological polar surface area (TPSA) is 44.3 Å². The number of hydrogen-bond acceptors (Lipinski definition) is 3. The van der Waals surface area contributed by atoms with Crippen LogP contribution in [0.1, 0.15) is 38.5 Å². The van der Waals surface area contributed by atoms with Gasteiger partial charge in [0.25, 0.3) is 0 Å². The number of aliphatic hydroxyl groups excluding tert-OH is 1. The Morgan fingerprint density at radius 1 is 1.00 bits per heavy atom. The van der Waals surface area contributed by atoms with Crippen molar-refractivity contribution in [3.8, 4) is 0 Å². The van der Waals surface area contributed by atoms with Crippen molar-refractivity contribution in [1.29, 1.82) is 0 Å². The molecule has 2 fully saturated rings. The van der Waals surface area contributed by atoms with Crippen LogP contribution in [0.3, 0.4) is 0 Å². The molecule has 0 spiro atoms. The zero-order valence-electron chi connectivity index (χ0n) is 8.84. The predicted molar refractivity (Wildman–Crippen MR) is 57.3 cm³/mol. The van der Waals surface area contributed by atoms with E-state index in [1.54, 1.807) is 0 Å². The number of hydrogen-bond donors (Lipinski definition) is 3. The number of piperidine rings is 1. The van der Waals surface area contributed by atoms with Crippen LogP contribution < -0.4 is 10.6 Å². The van der Waals surface area contributed by atoms with Gasteiger partial charge in [0.15, 0.2) is 0 Å². The SMILES string of the molecule is OC1CCC(NC2CCCNC2)CC1. The lowest BCUT2D eigenvalue weighted by atomic mass is 9.92. The van der Waals surface area contributed by atoms with Gasteiger partial charge in [-0.15, -0.1) is 0 Å². The highest BCUT2D eigenvalue weighted by Gasteiger charge is 2.22. The third kappa shape index (κ3) is 2.94. The van der Waals surface area contributed by atoms with Gasteiger partial charge in [-0.25, -0.2) is 0 Å². The second kappa shape index (κ2) is 5.10. The molecular formula is C11H22N2O. The average Bonchev–Trinajstić information content (AvgIpc) is 2.23. The summed E-state index contributed by atoms with van der Waals surface area (Å²) in [5.41, 5.74) is 0. The predicted octanol–water partition coefficient (Wildman–Crippen LogP) is 0.631. The van der Waals surface area contributed by atoms with Crippen LogP contribution in [-0.4, -0.2) is 36.4 Å². The van der Waals surface area contributed by atoms with E-state index in [0.29, 0.717) is 12.1 Å². The van der Waals surface area contributed by atoms with E-state index in [1.165, 1.54) is 19.4 Å². The average molecular weight is 198 g/mol. The van der Waals surface area contributed by atoms with Crippen LogP contribution in [0.5, 0.6) is 0 Å². The van der Waals surface area contributed by atoms with Gasteiger partial charge in [0.05, 0.1) is 6.10 Å². The molecule has 0 amide bonds. The van der Waals surface area contributed by atoms with Crippen molar-refractivity contribution in [1.82, 2.24) is 10.6 Å². The van der Waals surface area contributed by atoms with Gasteiger partial charge >= 0.3 is 0 Å². The van der Waals surface area contributed by atoms with Gasteiger partial charge in [-0.3, -0.25) is 0 Å². The Kier molecular flexibility index (Phi) is 3.79. The molecule has 1 unspecified atom stereocenters. The molecule has 0 bridgehead atoms. The lowest BCUT2D eigenvalue weighted by Gasteiger charge is -2.32. The standard InChI is InChI=1S/C11H22N2O/c14-11-5-3-9(4-6-11)13-10-2-1-7-12-8-10/h9-14H,1-8H2. The monoisotopic (exact) mass is 198 g/mol. The number of aliphatic hydroxyl groups is 1. The fraction of sp³-hybridized carbons (Fsp3) is 1.00. The first-order chi connectivity index (χ1) is 6.84. The summed E-state index contributed by atoms with van der Waals surface area (Å²) in [6.07, 6.45) is 6.85. The fourth-order valence-corrected chi connectivity index (χ4v) is 2.57. The van der Waals surface area contributed by atoms with Crippen LogP contribution in [0.2, 0.25) is 0 Å². The first-order valence-corrected chi connectivity index (χ1v) is 5.99. The first-order valence-electron chi connectivity index (χ1n) is 5.99. The van der Waals surface area contributed by atoms with E-state index < -0.39 is 0 Å². The van der Waals surface area contributed by atoms with Gasteiger partial charge in [0.1, 0.15) is 0 Å². The minimum atomic E-state index is -0.0301. The Morgan fingerprint density at radius 3 is 2.43 bits per heavy atom. The van der Waals surface area contributed by atoms with Crippen molar-refractivity contribution in [3.05, 3.63) is 0 Å².